The lowest BCUT2D eigenvalue weighted by Crippen LogP contribution is -2.22. The summed E-state index contributed by atoms with van der Waals surface area (Å²) in [6, 6.07) is 13.5. The number of amides is 2. The minimum atomic E-state index is -0.305. The fourth-order valence-electron chi connectivity index (χ4n) is 2.08. The standard InChI is InChI=1S/C19H20N2O4/c1-13(22)15-4-6-16(7-5-15)20-19(24)12-25-18-10-8-17(9-11-18)21(3)14(2)23/h4-11H,12H2,1-3H3,(H,20,24). The van der Waals surface area contributed by atoms with Crippen LogP contribution in [0.5, 0.6) is 5.75 Å². The van der Waals surface area contributed by atoms with Crippen LogP contribution >= 0.6 is 0 Å². The molecule has 25 heavy (non-hydrogen) atoms. The van der Waals surface area contributed by atoms with Gasteiger partial charge in [0.1, 0.15) is 5.75 Å². The smallest absolute Gasteiger partial charge is 0.262 e. The number of ether oxygens (including phenoxy) is 1. The van der Waals surface area contributed by atoms with Gasteiger partial charge in [0.25, 0.3) is 5.91 Å². The number of hydrogen-bond donors (Lipinski definition) is 1. The van der Waals surface area contributed by atoms with Crippen molar-refractivity contribution in [3.63, 3.8) is 0 Å². The summed E-state index contributed by atoms with van der Waals surface area (Å²) in [4.78, 5) is 35.9. The van der Waals surface area contributed by atoms with E-state index in [2.05, 4.69) is 5.32 Å². The number of nitrogens with zero attached hydrogens (tertiary/aromatic N) is 1. The van der Waals surface area contributed by atoms with Crippen LogP contribution in [0.15, 0.2) is 48.5 Å². The fraction of sp³-hybridized carbons (Fsp3) is 0.211. The third-order valence-electron chi connectivity index (χ3n) is 3.64. The molecule has 0 aliphatic carbocycles. The molecule has 0 saturated heterocycles. The second-order valence-corrected chi connectivity index (χ2v) is 5.54. The molecule has 2 amide bonds. The minimum absolute atomic E-state index is 0.0277. The van der Waals surface area contributed by atoms with Crippen LogP contribution in [0, 0.1) is 0 Å². The van der Waals surface area contributed by atoms with E-state index in [0.717, 1.165) is 5.69 Å². The second-order valence-electron chi connectivity index (χ2n) is 5.54. The van der Waals surface area contributed by atoms with Crippen LogP contribution in [-0.4, -0.2) is 31.3 Å². The quantitative estimate of drug-likeness (QED) is 0.821. The van der Waals surface area contributed by atoms with Gasteiger partial charge in [-0.1, -0.05) is 0 Å². The first-order valence-corrected chi connectivity index (χ1v) is 7.75. The summed E-state index contributed by atoms with van der Waals surface area (Å²) in [5.74, 6) is 0.132. The summed E-state index contributed by atoms with van der Waals surface area (Å²) in [6.07, 6.45) is 0. The van der Waals surface area contributed by atoms with Gasteiger partial charge in [0.2, 0.25) is 5.91 Å². The van der Waals surface area contributed by atoms with E-state index in [4.69, 9.17) is 4.74 Å². The zero-order valence-corrected chi connectivity index (χ0v) is 14.4. The predicted molar refractivity (Wildman–Crippen MR) is 96.1 cm³/mol. The Bertz CT molecular complexity index is 767. The Balaban J connectivity index is 1.87. The van der Waals surface area contributed by atoms with Crippen molar-refractivity contribution in [3.8, 4) is 5.75 Å². The summed E-state index contributed by atoms with van der Waals surface area (Å²) >= 11 is 0. The van der Waals surface area contributed by atoms with Crippen molar-refractivity contribution < 1.29 is 19.1 Å². The van der Waals surface area contributed by atoms with Crippen LogP contribution in [0.2, 0.25) is 0 Å². The largest absolute Gasteiger partial charge is 0.484 e. The minimum Gasteiger partial charge on any atom is -0.484 e. The van der Waals surface area contributed by atoms with Gasteiger partial charge in [0.15, 0.2) is 12.4 Å². The molecule has 0 spiro atoms. The van der Waals surface area contributed by atoms with Gasteiger partial charge in [-0.3, -0.25) is 14.4 Å². The molecule has 0 fully saturated rings. The highest BCUT2D eigenvalue weighted by atomic mass is 16.5. The van der Waals surface area contributed by atoms with Crippen molar-refractivity contribution in [2.45, 2.75) is 13.8 Å². The first-order chi connectivity index (χ1) is 11.9. The number of carbonyl (C=O) groups excluding carboxylic acids is 3. The molecule has 0 aliphatic rings. The molecule has 6 heteroatoms. The number of nitrogens with one attached hydrogen (secondary N) is 1. The number of Topliss-reactive ketones (excluding diaryl/α,β-unsaturated/α-hetero) is 1. The lowest BCUT2D eigenvalue weighted by atomic mass is 10.1. The topological polar surface area (TPSA) is 75.7 Å². The average Bonchev–Trinajstić information content (AvgIpc) is 2.60. The molecular formula is C19H20N2O4. The number of benzene rings is 2. The van der Waals surface area contributed by atoms with Gasteiger partial charge in [-0.25, -0.2) is 0 Å². The molecule has 0 saturated carbocycles. The van der Waals surface area contributed by atoms with Gasteiger partial charge in [-0.15, -0.1) is 0 Å². The number of rotatable bonds is 6. The molecule has 0 atom stereocenters. The van der Waals surface area contributed by atoms with Crippen LogP contribution in [0.4, 0.5) is 11.4 Å². The summed E-state index contributed by atoms with van der Waals surface area (Å²) in [6.45, 7) is 2.83. The van der Waals surface area contributed by atoms with E-state index in [9.17, 15) is 14.4 Å². The van der Waals surface area contributed by atoms with Gasteiger partial charge in [0.05, 0.1) is 0 Å². The van der Waals surface area contributed by atoms with E-state index in [0.29, 0.717) is 17.0 Å². The number of ketones is 1. The van der Waals surface area contributed by atoms with E-state index >= 15 is 0 Å². The zero-order chi connectivity index (χ0) is 18.4. The molecule has 0 unspecified atom stereocenters. The Morgan fingerprint density at radius 3 is 2.08 bits per heavy atom. The molecular weight excluding hydrogens is 320 g/mol. The molecule has 6 nitrogen and oxygen atoms in total. The fourth-order valence-corrected chi connectivity index (χ4v) is 2.08. The Kier molecular flexibility index (Phi) is 5.89. The van der Waals surface area contributed by atoms with Gasteiger partial charge in [0, 0.05) is 30.9 Å². The average molecular weight is 340 g/mol. The predicted octanol–water partition coefficient (Wildman–Crippen LogP) is 2.89. The van der Waals surface area contributed by atoms with E-state index < -0.39 is 0 Å². The first kappa shape index (κ1) is 18.2. The van der Waals surface area contributed by atoms with Gasteiger partial charge in [-0.05, 0) is 55.5 Å². The lowest BCUT2D eigenvalue weighted by Gasteiger charge is -2.15. The van der Waals surface area contributed by atoms with Gasteiger partial charge >= 0.3 is 0 Å². The molecule has 2 rings (SSSR count). The number of hydrogen-bond acceptors (Lipinski definition) is 4. The molecule has 0 aromatic heterocycles. The SMILES string of the molecule is CC(=O)c1ccc(NC(=O)COc2ccc(N(C)C(C)=O)cc2)cc1. The van der Waals surface area contributed by atoms with Crippen LogP contribution in [0.1, 0.15) is 24.2 Å². The Morgan fingerprint density at radius 2 is 1.56 bits per heavy atom. The number of anilines is 2. The Hall–Kier alpha value is -3.15. The first-order valence-electron chi connectivity index (χ1n) is 7.75. The highest BCUT2D eigenvalue weighted by Crippen LogP contribution is 2.18. The summed E-state index contributed by atoms with van der Waals surface area (Å²) in [5, 5.41) is 2.69. The Labute approximate surface area is 146 Å². The van der Waals surface area contributed by atoms with Crippen molar-refractivity contribution >= 4 is 29.0 Å². The maximum Gasteiger partial charge on any atom is 0.262 e. The Morgan fingerprint density at radius 1 is 0.960 bits per heavy atom. The van der Waals surface area contributed by atoms with Gasteiger partial charge in [-0.2, -0.15) is 0 Å². The summed E-state index contributed by atoms with van der Waals surface area (Å²) in [7, 11) is 1.68. The molecule has 2 aromatic rings. The van der Waals surface area contributed by atoms with Crippen molar-refractivity contribution in [1.82, 2.24) is 0 Å². The second kappa shape index (κ2) is 8.10. The van der Waals surface area contributed by atoms with Crippen LogP contribution < -0.4 is 15.0 Å². The van der Waals surface area contributed by atoms with Crippen LogP contribution in [0.3, 0.4) is 0 Å². The molecule has 0 bridgehead atoms. The molecule has 0 heterocycles. The normalized spacial score (nSPS) is 10.0. The monoisotopic (exact) mass is 340 g/mol. The van der Waals surface area contributed by atoms with E-state index in [-0.39, 0.29) is 24.2 Å². The van der Waals surface area contributed by atoms with Crippen LogP contribution in [0.25, 0.3) is 0 Å². The molecule has 2 aromatic carbocycles. The highest BCUT2D eigenvalue weighted by Gasteiger charge is 2.07. The summed E-state index contributed by atoms with van der Waals surface area (Å²) < 4.78 is 5.43. The van der Waals surface area contributed by atoms with Gasteiger partial charge < -0.3 is 15.0 Å². The van der Waals surface area contributed by atoms with Crippen LogP contribution in [-0.2, 0) is 9.59 Å². The van der Waals surface area contributed by atoms with Crippen molar-refractivity contribution in [1.29, 1.82) is 0 Å². The van der Waals surface area contributed by atoms with Crippen molar-refractivity contribution in [3.05, 3.63) is 54.1 Å². The third kappa shape index (κ3) is 5.17. The van der Waals surface area contributed by atoms with E-state index in [1.165, 1.54) is 18.7 Å². The summed E-state index contributed by atoms with van der Waals surface area (Å²) in [5.41, 5.74) is 1.93. The maximum absolute atomic E-state index is 11.9. The third-order valence-corrected chi connectivity index (χ3v) is 3.64. The molecule has 0 aliphatic heterocycles. The molecule has 0 radical (unpaired) electrons. The highest BCUT2D eigenvalue weighted by molar-refractivity contribution is 5.96. The molecule has 1 N–H and O–H groups in total. The lowest BCUT2D eigenvalue weighted by molar-refractivity contribution is -0.118. The molecule has 130 valence electrons. The zero-order valence-electron chi connectivity index (χ0n) is 14.4. The maximum atomic E-state index is 11.9. The van der Waals surface area contributed by atoms with E-state index in [1.807, 2.05) is 0 Å². The van der Waals surface area contributed by atoms with Crippen molar-refractivity contribution in [2.75, 3.05) is 23.9 Å². The van der Waals surface area contributed by atoms with E-state index in [1.54, 1.807) is 55.6 Å². The number of carbonyl (C=O) groups is 3. The van der Waals surface area contributed by atoms with Crippen molar-refractivity contribution in [2.24, 2.45) is 0 Å².